The molecule has 178 valence electrons. The van der Waals surface area contributed by atoms with E-state index in [1.54, 1.807) is 30.3 Å². The largest absolute Gasteiger partial charge is 0.485 e. The number of hydrogen-bond donors (Lipinski definition) is 1. The summed E-state index contributed by atoms with van der Waals surface area (Å²) in [5, 5.41) is 13.9. The Balaban J connectivity index is 1.43. The molecule has 1 heterocycles. The van der Waals surface area contributed by atoms with E-state index < -0.39 is 5.97 Å². The second kappa shape index (κ2) is 11.3. The maximum absolute atomic E-state index is 12.6. The molecule has 1 N–H and O–H groups in total. The first-order chi connectivity index (χ1) is 17.1. The molecule has 35 heavy (non-hydrogen) atoms. The van der Waals surface area contributed by atoms with E-state index in [1.165, 1.54) is 18.9 Å². The number of methoxy groups -OCH3 is 1. The van der Waals surface area contributed by atoms with Gasteiger partial charge in [-0.1, -0.05) is 66.4 Å². The number of amides is 1. The number of thioether (sulfide) groups is 1. The van der Waals surface area contributed by atoms with Crippen molar-refractivity contribution in [3.8, 4) is 5.75 Å². The van der Waals surface area contributed by atoms with Crippen LogP contribution in [0, 0.1) is 0 Å². The van der Waals surface area contributed by atoms with Gasteiger partial charge in [0.25, 0.3) is 0 Å². The molecule has 0 radical (unpaired) electrons. The molecule has 0 bridgehead atoms. The lowest BCUT2D eigenvalue weighted by Gasteiger charge is -2.11. The molecule has 0 aliphatic heterocycles. The lowest BCUT2D eigenvalue weighted by Crippen LogP contribution is -2.17. The first-order valence-corrected chi connectivity index (χ1v) is 11.8. The predicted molar refractivity (Wildman–Crippen MR) is 136 cm³/mol. The summed E-state index contributed by atoms with van der Waals surface area (Å²) in [7, 11) is 1.30. The van der Waals surface area contributed by atoms with Gasteiger partial charge in [-0.05, 0) is 23.6 Å². The number of hydrogen-bond acceptors (Lipinski definition) is 7. The molecule has 1 amide bonds. The van der Waals surface area contributed by atoms with Crippen molar-refractivity contribution in [3.05, 3.63) is 90.8 Å². The highest BCUT2D eigenvalue weighted by atomic mass is 32.2. The summed E-state index contributed by atoms with van der Waals surface area (Å²) in [6.45, 7) is 4.50. The zero-order valence-corrected chi connectivity index (χ0v) is 20.0. The molecular formula is C26H24N4O4S. The molecule has 0 aliphatic rings. The number of carbonyl (C=O) groups is 2. The van der Waals surface area contributed by atoms with Crippen LogP contribution in [0.4, 0.5) is 5.69 Å². The van der Waals surface area contributed by atoms with Crippen molar-refractivity contribution in [1.82, 2.24) is 14.8 Å². The van der Waals surface area contributed by atoms with Crippen LogP contribution < -0.4 is 10.1 Å². The molecule has 0 saturated carbocycles. The fraction of sp³-hybridized carbons (Fsp3) is 0.154. The van der Waals surface area contributed by atoms with E-state index >= 15 is 0 Å². The number of para-hydroxylation sites is 1. The summed E-state index contributed by atoms with van der Waals surface area (Å²) in [6.07, 6.45) is 1.74. The van der Waals surface area contributed by atoms with Gasteiger partial charge in [-0.3, -0.25) is 9.36 Å². The maximum Gasteiger partial charge on any atom is 0.339 e. The van der Waals surface area contributed by atoms with Crippen LogP contribution in [0.15, 0.2) is 84.5 Å². The SMILES string of the molecule is C=CCn1c(COc2cccc3ccccc23)nnc1SCC(=O)Nc1ccccc1C(=O)OC. The van der Waals surface area contributed by atoms with Gasteiger partial charge in [0.05, 0.1) is 24.1 Å². The van der Waals surface area contributed by atoms with Gasteiger partial charge in [-0.15, -0.1) is 16.8 Å². The predicted octanol–water partition coefficient (Wildman–Crippen LogP) is 4.71. The fourth-order valence-electron chi connectivity index (χ4n) is 3.51. The van der Waals surface area contributed by atoms with Crippen molar-refractivity contribution >= 4 is 40.1 Å². The summed E-state index contributed by atoms with van der Waals surface area (Å²) in [4.78, 5) is 24.5. The molecule has 8 nitrogen and oxygen atoms in total. The fourth-order valence-corrected chi connectivity index (χ4v) is 4.27. The Morgan fingerprint density at radius 1 is 1.06 bits per heavy atom. The monoisotopic (exact) mass is 488 g/mol. The van der Waals surface area contributed by atoms with E-state index in [1.807, 2.05) is 47.0 Å². The van der Waals surface area contributed by atoms with E-state index in [4.69, 9.17) is 9.47 Å². The number of nitrogens with zero attached hydrogens (tertiary/aromatic N) is 3. The van der Waals surface area contributed by atoms with Gasteiger partial charge in [0, 0.05) is 11.9 Å². The molecule has 4 rings (SSSR count). The maximum atomic E-state index is 12.6. The molecule has 0 fully saturated rings. The number of rotatable bonds is 10. The summed E-state index contributed by atoms with van der Waals surface area (Å²) in [5.41, 5.74) is 0.678. The van der Waals surface area contributed by atoms with Crippen LogP contribution in [0.2, 0.25) is 0 Å². The highest BCUT2D eigenvalue weighted by molar-refractivity contribution is 7.99. The Morgan fingerprint density at radius 3 is 2.66 bits per heavy atom. The van der Waals surface area contributed by atoms with E-state index in [-0.39, 0.29) is 23.8 Å². The Bertz CT molecular complexity index is 1360. The van der Waals surface area contributed by atoms with Crippen molar-refractivity contribution in [2.45, 2.75) is 18.3 Å². The molecule has 0 aliphatic carbocycles. The van der Waals surface area contributed by atoms with Crippen LogP contribution in [0.1, 0.15) is 16.2 Å². The normalized spacial score (nSPS) is 10.7. The molecule has 0 saturated heterocycles. The molecule has 0 atom stereocenters. The molecule has 0 spiro atoms. The summed E-state index contributed by atoms with van der Waals surface area (Å²) < 4.78 is 12.7. The highest BCUT2D eigenvalue weighted by Gasteiger charge is 2.17. The van der Waals surface area contributed by atoms with Crippen molar-refractivity contribution < 1.29 is 19.1 Å². The minimum absolute atomic E-state index is 0.0783. The molecule has 4 aromatic rings. The lowest BCUT2D eigenvalue weighted by atomic mass is 10.1. The number of esters is 1. The first-order valence-electron chi connectivity index (χ1n) is 10.8. The van der Waals surface area contributed by atoms with E-state index in [0.717, 1.165) is 16.5 Å². The zero-order valence-electron chi connectivity index (χ0n) is 19.1. The number of anilines is 1. The van der Waals surface area contributed by atoms with Gasteiger partial charge in [0.1, 0.15) is 12.4 Å². The van der Waals surface area contributed by atoms with Crippen molar-refractivity contribution in [1.29, 1.82) is 0 Å². The van der Waals surface area contributed by atoms with Crippen molar-refractivity contribution in [2.75, 3.05) is 18.2 Å². The quantitative estimate of drug-likeness (QED) is 0.196. The Kier molecular flexibility index (Phi) is 7.79. The highest BCUT2D eigenvalue weighted by Crippen LogP contribution is 2.26. The van der Waals surface area contributed by atoms with Crippen LogP contribution in [0.25, 0.3) is 10.8 Å². The van der Waals surface area contributed by atoms with Gasteiger partial charge < -0.3 is 14.8 Å². The van der Waals surface area contributed by atoms with Crippen LogP contribution in [-0.2, 0) is 22.7 Å². The molecular weight excluding hydrogens is 464 g/mol. The second-order valence-electron chi connectivity index (χ2n) is 7.44. The molecule has 9 heteroatoms. The molecule has 3 aromatic carbocycles. The summed E-state index contributed by atoms with van der Waals surface area (Å²) >= 11 is 1.24. The topological polar surface area (TPSA) is 95.3 Å². The third-order valence-corrected chi connectivity index (χ3v) is 6.12. The number of carbonyl (C=O) groups excluding carboxylic acids is 2. The van der Waals surface area contributed by atoms with Crippen LogP contribution in [-0.4, -0.2) is 39.5 Å². The number of aromatic nitrogens is 3. The standard InChI is InChI=1S/C26H24N4O4S/c1-3-15-30-23(16-34-22-14-8-10-18-9-4-5-11-19(18)22)28-29-26(30)35-17-24(31)27-21-13-7-6-12-20(21)25(32)33-2/h3-14H,1,15-17H2,2H3,(H,27,31). The summed E-state index contributed by atoms with van der Waals surface area (Å²) in [5.74, 6) is 0.656. The third-order valence-electron chi connectivity index (χ3n) is 5.15. The van der Waals surface area contributed by atoms with Gasteiger partial charge in [0.15, 0.2) is 11.0 Å². The number of allylic oxidation sites excluding steroid dienone is 1. The Labute approximate surface area is 207 Å². The Morgan fingerprint density at radius 2 is 1.83 bits per heavy atom. The molecule has 1 aromatic heterocycles. The number of ether oxygens (including phenoxy) is 2. The molecule has 0 unspecified atom stereocenters. The minimum atomic E-state index is -0.518. The lowest BCUT2D eigenvalue weighted by molar-refractivity contribution is -0.113. The first kappa shape index (κ1) is 24.0. The van der Waals surface area contributed by atoms with E-state index in [9.17, 15) is 9.59 Å². The average molecular weight is 489 g/mol. The Hall–Kier alpha value is -4.11. The van der Waals surface area contributed by atoms with Crippen molar-refractivity contribution in [3.63, 3.8) is 0 Å². The van der Waals surface area contributed by atoms with Gasteiger partial charge >= 0.3 is 5.97 Å². The van der Waals surface area contributed by atoms with E-state index in [2.05, 4.69) is 22.1 Å². The van der Waals surface area contributed by atoms with Gasteiger partial charge in [-0.2, -0.15) is 0 Å². The zero-order chi connectivity index (χ0) is 24.6. The van der Waals surface area contributed by atoms with Gasteiger partial charge in [-0.25, -0.2) is 4.79 Å². The smallest absolute Gasteiger partial charge is 0.339 e. The number of benzene rings is 3. The number of fused-ring (bicyclic) bond motifs is 1. The third kappa shape index (κ3) is 5.70. The van der Waals surface area contributed by atoms with Crippen LogP contribution in [0.3, 0.4) is 0 Å². The summed E-state index contributed by atoms with van der Waals surface area (Å²) in [6, 6.07) is 20.6. The second-order valence-corrected chi connectivity index (χ2v) is 8.38. The van der Waals surface area contributed by atoms with Crippen LogP contribution in [0.5, 0.6) is 5.75 Å². The average Bonchev–Trinajstić information content (AvgIpc) is 3.27. The van der Waals surface area contributed by atoms with Crippen molar-refractivity contribution in [2.24, 2.45) is 0 Å². The van der Waals surface area contributed by atoms with E-state index in [0.29, 0.717) is 23.2 Å². The van der Waals surface area contributed by atoms with Crippen LogP contribution >= 0.6 is 11.8 Å². The van der Waals surface area contributed by atoms with Gasteiger partial charge in [0.2, 0.25) is 5.91 Å². The number of nitrogens with one attached hydrogen (secondary N) is 1. The minimum Gasteiger partial charge on any atom is -0.485 e.